The van der Waals surface area contributed by atoms with Crippen molar-refractivity contribution < 1.29 is 9.18 Å². The maximum absolute atomic E-state index is 13.8. The van der Waals surface area contributed by atoms with Gasteiger partial charge in [-0.15, -0.1) is 0 Å². The summed E-state index contributed by atoms with van der Waals surface area (Å²) in [5, 5.41) is 2.96. The molecule has 2 bridgehead atoms. The highest BCUT2D eigenvalue weighted by atomic mass is 35.5. The molecule has 2 aliphatic rings. The molecule has 6 nitrogen and oxygen atoms in total. The second kappa shape index (κ2) is 5.38. The predicted octanol–water partition coefficient (Wildman–Crippen LogP) is 0.766. The van der Waals surface area contributed by atoms with Crippen LogP contribution in [0.2, 0.25) is 5.28 Å². The van der Waals surface area contributed by atoms with Crippen LogP contribution in [-0.2, 0) is 4.79 Å². The van der Waals surface area contributed by atoms with Crippen LogP contribution >= 0.6 is 11.6 Å². The van der Waals surface area contributed by atoms with Crippen molar-refractivity contribution in [3.8, 4) is 0 Å². The van der Waals surface area contributed by atoms with E-state index in [1.807, 2.05) is 0 Å². The summed E-state index contributed by atoms with van der Waals surface area (Å²) >= 11 is 5.70. The molecule has 0 spiro atoms. The molecule has 5 N–H and O–H groups in total. The lowest BCUT2D eigenvalue weighted by Crippen LogP contribution is -2.46. The number of nitrogens with zero attached hydrogens (tertiary/aromatic N) is 2. The van der Waals surface area contributed by atoms with Gasteiger partial charge in [-0.1, -0.05) is 0 Å². The monoisotopic (exact) mass is 313 g/mol. The Kier molecular flexibility index (Phi) is 3.71. The Morgan fingerprint density at radius 2 is 2.29 bits per heavy atom. The van der Waals surface area contributed by atoms with Crippen LogP contribution in [0.5, 0.6) is 0 Å². The number of primary amides is 1. The summed E-state index contributed by atoms with van der Waals surface area (Å²) < 4.78 is 13.8. The van der Waals surface area contributed by atoms with Gasteiger partial charge in [0.2, 0.25) is 11.2 Å². The lowest BCUT2D eigenvalue weighted by molar-refractivity contribution is -0.123. The van der Waals surface area contributed by atoms with Gasteiger partial charge in [0.15, 0.2) is 11.6 Å². The molecular weight excluding hydrogens is 297 g/mol. The van der Waals surface area contributed by atoms with Crippen molar-refractivity contribution in [1.29, 1.82) is 0 Å². The third kappa shape index (κ3) is 2.44. The molecule has 1 aromatic heterocycles. The van der Waals surface area contributed by atoms with Gasteiger partial charge in [-0.25, -0.2) is 9.37 Å². The van der Waals surface area contributed by atoms with E-state index in [-0.39, 0.29) is 40.8 Å². The van der Waals surface area contributed by atoms with E-state index < -0.39 is 5.82 Å². The summed E-state index contributed by atoms with van der Waals surface area (Å²) in [4.78, 5) is 19.2. The van der Waals surface area contributed by atoms with E-state index in [4.69, 9.17) is 23.1 Å². The molecule has 1 amide bonds. The lowest BCUT2D eigenvalue weighted by Gasteiger charge is -2.34. The Balaban J connectivity index is 1.88. The van der Waals surface area contributed by atoms with Crippen molar-refractivity contribution in [2.24, 2.45) is 35.1 Å². The zero-order chi connectivity index (χ0) is 15.1. The highest BCUT2D eigenvalue weighted by Crippen LogP contribution is 2.52. The summed E-state index contributed by atoms with van der Waals surface area (Å²) in [5.74, 6) is -0.556. The quantitative estimate of drug-likeness (QED) is 0.712. The van der Waals surface area contributed by atoms with E-state index in [0.29, 0.717) is 12.5 Å². The molecule has 2 saturated carbocycles. The summed E-state index contributed by atoms with van der Waals surface area (Å²) in [7, 11) is 0. The topological polar surface area (TPSA) is 107 Å². The second-order valence-electron chi connectivity index (χ2n) is 5.82. The maximum atomic E-state index is 13.8. The third-order valence-electron chi connectivity index (χ3n) is 4.79. The second-order valence-corrected chi connectivity index (χ2v) is 6.16. The van der Waals surface area contributed by atoms with Crippen molar-refractivity contribution in [2.45, 2.75) is 18.9 Å². The Morgan fingerprint density at radius 1 is 1.52 bits per heavy atom. The first-order valence-corrected chi connectivity index (χ1v) is 7.33. The molecule has 21 heavy (non-hydrogen) atoms. The Hall–Kier alpha value is -1.47. The van der Waals surface area contributed by atoms with E-state index in [1.165, 1.54) is 0 Å². The Labute approximate surface area is 126 Å². The largest absolute Gasteiger partial charge is 0.369 e. The molecule has 2 aliphatic carbocycles. The minimum absolute atomic E-state index is 0.00886. The van der Waals surface area contributed by atoms with Crippen molar-refractivity contribution in [3.63, 3.8) is 0 Å². The smallest absolute Gasteiger partial charge is 0.224 e. The summed E-state index contributed by atoms with van der Waals surface area (Å²) in [6, 6.07) is -0.254. The average Bonchev–Trinajstić information content (AvgIpc) is 3.00. The van der Waals surface area contributed by atoms with Gasteiger partial charge in [0.1, 0.15) is 0 Å². The zero-order valence-electron chi connectivity index (χ0n) is 11.3. The van der Waals surface area contributed by atoms with Gasteiger partial charge in [0, 0.05) is 6.04 Å². The van der Waals surface area contributed by atoms with Crippen LogP contribution in [0.15, 0.2) is 6.20 Å². The fourth-order valence-corrected chi connectivity index (χ4v) is 4.11. The zero-order valence-corrected chi connectivity index (χ0v) is 12.1. The van der Waals surface area contributed by atoms with Crippen LogP contribution in [-0.4, -0.2) is 28.5 Å². The molecule has 114 valence electrons. The van der Waals surface area contributed by atoms with E-state index in [1.54, 1.807) is 0 Å². The van der Waals surface area contributed by atoms with Gasteiger partial charge in [-0.2, -0.15) is 4.98 Å². The normalized spacial score (nSPS) is 34.1. The fraction of sp³-hybridized carbons (Fsp3) is 0.615. The molecule has 0 unspecified atom stereocenters. The fourth-order valence-electron chi connectivity index (χ4n) is 3.98. The number of nitrogens with two attached hydrogens (primary N) is 2. The molecule has 1 aromatic rings. The standard InChI is InChI=1S/C13H17ClFN5O/c14-13-18-4-8(15)12(20-13)19-10-7-2-5(1-6(7)3-16)9(10)11(17)21/h4-7,9-10H,1-3,16H2,(H2,17,21)(H,18,19,20)/t5-,6+,7-,9+,10-/m1/s1. The van der Waals surface area contributed by atoms with Gasteiger partial charge in [-0.3, -0.25) is 4.79 Å². The van der Waals surface area contributed by atoms with Crippen LogP contribution in [0.4, 0.5) is 10.2 Å². The molecule has 8 heteroatoms. The summed E-state index contributed by atoms with van der Waals surface area (Å²) in [6.07, 6.45) is 2.79. The van der Waals surface area contributed by atoms with E-state index in [9.17, 15) is 9.18 Å². The lowest BCUT2D eigenvalue weighted by atomic mass is 9.78. The highest BCUT2D eigenvalue weighted by Gasteiger charge is 2.54. The number of nitrogens with one attached hydrogen (secondary N) is 1. The number of rotatable bonds is 4. The number of halogens is 2. The number of anilines is 1. The van der Waals surface area contributed by atoms with E-state index in [0.717, 1.165) is 19.0 Å². The average molecular weight is 314 g/mol. The van der Waals surface area contributed by atoms with Gasteiger partial charge in [0.25, 0.3) is 0 Å². The summed E-state index contributed by atoms with van der Waals surface area (Å²) in [5.41, 5.74) is 11.3. The molecular formula is C13H17ClFN5O. The molecule has 5 atom stereocenters. The van der Waals surface area contributed by atoms with Gasteiger partial charge < -0.3 is 16.8 Å². The van der Waals surface area contributed by atoms with E-state index >= 15 is 0 Å². The Bertz CT molecular complexity index is 571. The maximum Gasteiger partial charge on any atom is 0.224 e. The predicted molar refractivity (Wildman–Crippen MR) is 75.9 cm³/mol. The SMILES string of the molecule is NC[C@@H]1C[C@@H]2C[C@H]1[C@@H](Nc1nc(Cl)ncc1F)[C@H]2C(N)=O. The van der Waals surface area contributed by atoms with E-state index in [2.05, 4.69) is 15.3 Å². The highest BCUT2D eigenvalue weighted by molar-refractivity contribution is 6.28. The van der Waals surface area contributed by atoms with Gasteiger partial charge in [-0.05, 0) is 48.7 Å². The van der Waals surface area contributed by atoms with Crippen LogP contribution in [0, 0.1) is 29.5 Å². The van der Waals surface area contributed by atoms with Crippen molar-refractivity contribution in [1.82, 2.24) is 9.97 Å². The molecule has 3 rings (SSSR count). The van der Waals surface area contributed by atoms with Crippen molar-refractivity contribution in [2.75, 3.05) is 11.9 Å². The minimum atomic E-state index is -0.602. The van der Waals surface area contributed by atoms with Crippen molar-refractivity contribution >= 4 is 23.3 Å². The van der Waals surface area contributed by atoms with Crippen molar-refractivity contribution in [3.05, 3.63) is 17.3 Å². The molecule has 0 aromatic carbocycles. The minimum Gasteiger partial charge on any atom is -0.369 e. The van der Waals surface area contributed by atoms with Gasteiger partial charge in [0.05, 0.1) is 12.1 Å². The van der Waals surface area contributed by atoms with Gasteiger partial charge >= 0.3 is 0 Å². The molecule has 0 radical (unpaired) electrons. The molecule has 2 fully saturated rings. The first-order chi connectivity index (χ1) is 10.0. The molecule has 0 aliphatic heterocycles. The molecule has 0 saturated heterocycles. The van der Waals surface area contributed by atoms with Crippen LogP contribution in [0.25, 0.3) is 0 Å². The number of carbonyl (C=O) groups excluding carboxylic acids is 1. The number of hydrogen-bond donors (Lipinski definition) is 3. The molecule has 1 heterocycles. The Morgan fingerprint density at radius 3 is 2.95 bits per heavy atom. The van der Waals surface area contributed by atoms with Crippen LogP contribution in [0.3, 0.4) is 0 Å². The number of carbonyl (C=O) groups is 1. The first-order valence-electron chi connectivity index (χ1n) is 6.95. The van der Waals surface area contributed by atoms with Crippen LogP contribution < -0.4 is 16.8 Å². The summed E-state index contributed by atoms with van der Waals surface area (Å²) in [6.45, 7) is 0.553. The number of aromatic nitrogens is 2. The number of fused-ring (bicyclic) bond motifs is 2. The third-order valence-corrected chi connectivity index (χ3v) is 4.97. The number of hydrogen-bond acceptors (Lipinski definition) is 5. The van der Waals surface area contributed by atoms with Crippen LogP contribution in [0.1, 0.15) is 12.8 Å². The first kappa shape index (κ1) is 14.5. The number of amides is 1.